The molecule has 3 rings (SSSR count). The lowest BCUT2D eigenvalue weighted by atomic mass is 10.0. The molecule has 0 atom stereocenters. The normalized spacial score (nSPS) is 10.8. The highest BCUT2D eigenvalue weighted by Gasteiger charge is 2.14. The van der Waals surface area contributed by atoms with Gasteiger partial charge in [0.2, 0.25) is 0 Å². The Kier molecular flexibility index (Phi) is 8.01. The van der Waals surface area contributed by atoms with E-state index >= 15 is 0 Å². The summed E-state index contributed by atoms with van der Waals surface area (Å²) in [4.78, 5) is 22.8. The number of allylic oxidation sites excluding steroid dienone is 1. The number of nitro groups is 1. The summed E-state index contributed by atoms with van der Waals surface area (Å²) in [5, 5.41) is 23.4. The number of nitrogens with one attached hydrogen (secondary N) is 1. The molecule has 8 nitrogen and oxygen atoms in total. The zero-order chi connectivity index (χ0) is 24.7. The lowest BCUT2D eigenvalue weighted by Gasteiger charge is -2.13. The maximum atomic E-state index is 12.3. The van der Waals surface area contributed by atoms with Crippen molar-refractivity contribution >= 4 is 44.9 Å². The number of hydrogen-bond donors (Lipinski definition) is 1. The fourth-order valence-corrected chi connectivity index (χ4v) is 3.47. The molecular formula is C25H20BrN3O5. The number of nitrogens with zero attached hydrogens (tertiary/aromatic N) is 2. The van der Waals surface area contributed by atoms with Crippen molar-refractivity contribution in [1.82, 2.24) is 0 Å². The molecule has 0 aliphatic heterocycles. The van der Waals surface area contributed by atoms with Gasteiger partial charge in [0.15, 0.2) is 18.1 Å². The predicted molar refractivity (Wildman–Crippen MR) is 133 cm³/mol. The van der Waals surface area contributed by atoms with Crippen LogP contribution in [0, 0.1) is 28.4 Å². The number of ether oxygens (including phenoxy) is 2. The van der Waals surface area contributed by atoms with Crippen LogP contribution in [0.4, 0.5) is 11.4 Å². The number of non-ortho nitro benzene ring substituents is 1. The monoisotopic (exact) mass is 521 g/mol. The van der Waals surface area contributed by atoms with Gasteiger partial charge in [-0.15, -0.1) is 0 Å². The van der Waals surface area contributed by atoms with E-state index in [9.17, 15) is 20.2 Å². The van der Waals surface area contributed by atoms with E-state index in [0.29, 0.717) is 32.8 Å². The van der Waals surface area contributed by atoms with E-state index in [-0.39, 0.29) is 23.8 Å². The number of aryl methyl sites for hydroxylation is 1. The second-order valence-electron chi connectivity index (χ2n) is 7.20. The largest absolute Gasteiger partial charge is 0.493 e. The summed E-state index contributed by atoms with van der Waals surface area (Å²) in [7, 11) is 1.46. The fourth-order valence-electron chi connectivity index (χ4n) is 3.03. The van der Waals surface area contributed by atoms with E-state index in [1.54, 1.807) is 36.4 Å². The van der Waals surface area contributed by atoms with Gasteiger partial charge in [-0.1, -0.05) is 45.8 Å². The van der Waals surface area contributed by atoms with Gasteiger partial charge in [-0.05, 0) is 48.4 Å². The third-order valence-corrected chi connectivity index (χ3v) is 5.45. The summed E-state index contributed by atoms with van der Waals surface area (Å²) in [6.45, 7) is 1.73. The average Bonchev–Trinajstić information content (AvgIpc) is 2.83. The summed E-state index contributed by atoms with van der Waals surface area (Å²) in [5.41, 5.74) is 2.88. The van der Waals surface area contributed by atoms with Crippen molar-refractivity contribution in [2.45, 2.75) is 6.92 Å². The summed E-state index contributed by atoms with van der Waals surface area (Å²) >= 11 is 3.45. The highest BCUT2D eigenvalue weighted by molar-refractivity contribution is 9.10. The van der Waals surface area contributed by atoms with Gasteiger partial charge in [0, 0.05) is 22.3 Å². The molecule has 172 valence electrons. The lowest BCUT2D eigenvalue weighted by molar-refractivity contribution is -0.384. The van der Waals surface area contributed by atoms with Crippen molar-refractivity contribution in [1.29, 1.82) is 5.26 Å². The number of amides is 1. The van der Waals surface area contributed by atoms with Gasteiger partial charge in [-0.2, -0.15) is 5.26 Å². The standard InChI is InChI=1S/C25H20BrN3O5/c1-16-6-8-20(9-7-16)28-25(30)15-34-24-13-22(26)18(12-23(24)33-2)10-19(14-27)17-4-3-5-21(11-17)29(31)32/h3-13H,15H2,1-2H3,(H,28,30)/b19-10-. The molecule has 0 saturated carbocycles. The minimum absolute atomic E-state index is 0.108. The van der Waals surface area contributed by atoms with Crippen LogP contribution in [0.15, 0.2) is 65.1 Å². The smallest absolute Gasteiger partial charge is 0.270 e. The summed E-state index contributed by atoms with van der Waals surface area (Å²) in [5.74, 6) is 0.358. The van der Waals surface area contributed by atoms with Crippen LogP contribution in [-0.4, -0.2) is 24.5 Å². The fraction of sp³-hybridized carbons (Fsp3) is 0.120. The minimum Gasteiger partial charge on any atom is -0.493 e. The molecule has 0 unspecified atom stereocenters. The van der Waals surface area contributed by atoms with Crippen LogP contribution in [0.2, 0.25) is 0 Å². The molecule has 0 aliphatic rings. The molecule has 3 aromatic carbocycles. The number of halogens is 1. The van der Waals surface area contributed by atoms with Gasteiger partial charge in [0.05, 0.1) is 23.7 Å². The van der Waals surface area contributed by atoms with Crippen molar-refractivity contribution in [3.63, 3.8) is 0 Å². The average molecular weight is 522 g/mol. The Morgan fingerprint density at radius 3 is 2.56 bits per heavy atom. The van der Waals surface area contributed by atoms with Crippen LogP contribution in [0.5, 0.6) is 11.5 Å². The van der Waals surface area contributed by atoms with Gasteiger partial charge in [0.1, 0.15) is 0 Å². The Morgan fingerprint density at radius 1 is 1.18 bits per heavy atom. The van der Waals surface area contributed by atoms with Crippen LogP contribution in [0.3, 0.4) is 0 Å². The molecule has 3 aromatic rings. The lowest BCUT2D eigenvalue weighted by Crippen LogP contribution is -2.20. The molecular weight excluding hydrogens is 502 g/mol. The number of methoxy groups -OCH3 is 1. The predicted octanol–water partition coefficient (Wildman–Crippen LogP) is 5.76. The van der Waals surface area contributed by atoms with Crippen LogP contribution in [0.25, 0.3) is 11.6 Å². The maximum Gasteiger partial charge on any atom is 0.270 e. The number of rotatable bonds is 8. The SMILES string of the molecule is COc1cc(/C=C(/C#N)c2cccc([N+](=O)[O-])c2)c(Br)cc1OCC(=O)Nc1ccc(C)cc1. The van der Waals surface area contributed by atoms with Crippen molar-refractivity contribution in [2.24, 2.45) is 0 Å². The van der Waals surface area contributed by atoms with E-state index in [1.165, 1.54) is 25.3 Å². The highest BCUT2D eigenvalue weighted by Crippen LogP contribution is 2.35. The molecule has 0 radical (unpaired) electrons. The molecule has 0 aliphatic carbocycles. The molecule has 1 amide bonds. The van der Waals surface area contributed by atoms with Crippen molar-refractivity contribution < 1.29 is 19.2 Å². The molecule has 9 heteroatoms. The second kappa shape index (κ2) is 11.1. The number of anilines is 1. The van der Waals surface area contributed by atoms with E-state index in [0.717, 1.165) is 5.56 Å². The molecule has 0 bridgehead atoms. The third-order valence-electron chi connectivity index (χ3n) is 4.77. The number of carbonyl (C=O) groups excluding carboxylic acids is 1. The van der Waals surface area contributed by atoms with Crippen LogP contribution < -0.4 is 14.8 Å². The first-order valence-electron chi connectivity index (χ1n) is 10.0. The Labute approximate surface area is 204 Å². The van der Waals surface area contributed by atoms with E-state index < -0.39 is 4.92 Å². The minimum atomic E-state index is -0.515. The molecule has 0 aromatic heterocycles. The van der Waals surface area contributed by atoms with Crippen molar-refractivity contribution in [3.8, 4) is 17.6 Å². The van der Waals surface area contributed by atoms with Crippen LogP contribution in [0.1, 0.15) is 16.7 Å². The molecule has 34 heavy (non-hydrogen) atoms. The van der Waals surface area contributed by atoms with E-state index in [2.05, 4.69) is 27.3 Å². The molecule has 0 fully saturated rings. The van der Waals surface area contributed by atoms with Gasteiger partial charge in [-0.3, -0.25) is 14.9 Å². The number of nitro benzene ring substituents is 1. The summed E-state index contributed by atoms with van der Waals surface area (Å²) < 4.78 is 11.6. The van der Waals surface area contributed by atoms with Crippen molar-refractivity contribution in [3.05, 3.63) is 91.9 Å². The van der Waals surface area contributed by atoms with Crippen molar-refractivity contribution in [2.75, 3.05) is 19.0 Å². The number of carbonyl (C=O) groups is 1. The Hall–Kier alpha value is -4.16. The Bertz CT molecular complexity index is 1300. The van der Waals surface area contributed by atoms with Gasteiger partial charge in [-0.25, -0.2) is 0 Å². The maximum absolute atomic E-state index is 12.3. The molecule has 0 heterocycles. The number of nitriles is 1. The summed E-state index contributed by atoms with van der Waals surface area (Å²) in [6.07, 6.45) is 1.58. The highest BCUT2D eigenvalue weighted by atomic mass is 79.9. The number of hydrogen-bond acceptors (Lipinski definition) is 6. The third kappa shape index (κ3) is 6.21. The molecule has 0 saturated heterocycles. The first-order chi connectivity index (χ1) is 16.3. The number of benzene rings is 3. The first kappa shape index (κ1) is 24.5. The van der Waals surface area contributed by atoms with Crippen LogP contribution >= 0.6 is 15.9 Å². The molecule has 1 N–H and O–H groups in total. The van der Waals surface area contributed by atoms with Gasteiger partial charge >= 0.3 is 0 Å². The molecule has 0 spiro atoms. The van der Waals surface area contributed by atoms with Gasteiger partial charge < -0.3 is 14.8 Å². The zero-order valence-electron chi connectivity index (χ0n) is 18.4. The second-order valence-corrected chi connectivity index (χ2v) is 8.06. The topological polar surface area (TPSA) is 114 Å². The van der Waals surface area contributed by atoms with E-state index in [4.69, 9.17) is 9.47 Å². The van der Waals surface area contributed by atoms with E-state index in [1.807, 2.05) is 19.1 Å². The Balaban J connectivity index is 1.80. The summed E-state index contributed by atoms with van der Waals surface area (Å²) in [6, 6.07) is 18.6. The quantitative estimate of drug-likeness (QED) is 0.174. The zero-order valence-corrected chi connectivity index (χ0v) is 20.0. The van der Waals surface area contributed by atoms with Crippen LogP contribution in [-0.2, 0) is 4.79 Å². The Morgan fingerprint density at radius 2 is 1.91 bits per heavy atom. The first-order valence-corrected chi connectivity index (χ1v) is 10.8. The van der Waals surface area contributed by atoms with Gasteiger partial charge in [0.25, 0.3) is 11.6 Å².